The number of hydrogen-bond acceptors (Lipinski definition) is 7. The van der Waals surface area contributed by atoms with Crippen LogP contribution in [0.3, 0.4) is 0 Å². The maximum absolute atomic E-state index is 13.7. The highest BCUT2D eigenvalue weighted by molar-refractivity contribution is 5.88. The Bertz CT molecular complexity index is 1170. The van der Waals surface area contributed by atoms with Gasteiger partial charge in [0.25, 0.3) is 0 Å². The summed E-state index contributed by atoms with van der Waals surface area (Å²) < 4.78 is 5.91. The van der Waals surface area contributed by atoms with Gasteiger partial charge in [0.2, 0.25) is 23.6 Å². The van der Waals surface area contributed by atoms with Gasteiger partial charge in [-0.3, -0.25) is 19.2 Å². The van der Waals surface area contributed by atoms with Gasteiger partial charge in [0, 0.05) is 45.6 Å². The number of nitrogens with one attached hydrogen (secondary N) is 2. The third-order valence-electron chi connectivity index (χ3n) is 14.4. The Kier molecular flexibility index (Phi) is 48.1. The van der Waals surface area contributed by atoms with E-state index < -0.39 is 12.1 Å². The van der Waals surface area contributed by atoms with Gasteiger partial charge in [-0.1, -0.05) is 221 Å². The molecule has 0 spiro atoms. The zero-order chi connectivity index (χ0) is 53.5. The summed E-state index contributed by atoms with van der Waals surface area (Å²) in [6, 6.07) is -1.04. The third kappa shape index (κ3) is 40.1. The Morgan fingerprint density at radius 3 is 0.944 bits per heavy atom. The molecule has 0 saturated carbocycles. The molecule has 2 unspecified atom stereocenters. The first-order valence-electron chi connectivity index (χ1n) is 30.8. The molecule has 11 nitrogen and oxygen atoms in total. The van der Waals surface area contributed by atoms with Gasteiger partial charge in [-0.05, 0) is 85.2 Å². The van der Waals surface area contributed by atoms with Gasteiger partial charge in [-0.15, -0.1) is 0 Å². The van der Waals surface area contributed by atoms with Crippen molar-refractivity contribution in [2.75, 3.05) is 80.7 Å². The minimum Gasteiger partial charge on any atom is -0.380 e. The van der Waals surface area contributed by atoms with Crippen LogP contribution in [0.25, 0.3) is 0 Å². The highest BCUT2D eigenvalue weighted by Crippen LogP contribution is 2.20. The summed E-state index contributed by atoms with van der Waals surface area (Å²) in [7, 11) is 8.16. The summed E-state index contributed by atoms with van der Waals surface area (Å²) in [5.41, 5.74) is 0. The second-order valence-electron chi connectivity index (χ2n) is 22.8. The monoisotopic (exact) mass is 1020 g/mol. The topological polar surface area (TPSA) is 115 Å². The van der Waals surface area contributed by atoms with Crippen LogP contribution in [0.2, 0.25) is 0 Å². The maximum atomic E-state index is 13.7. The van der Waals surface area contributed by atoms with Crippen LogP contribution < -0.4 is 10.6 Å². The summed E-state index contributed by atoms with van der Waals surface area (Å²) in [4.78, 5) is 62.9. The van der Waals surface area contributed by atoms with Gasteiger partial charge in [0.15, 0.2) is 0 Å². The lowest BCUT2D eigenvalue weighted by Gasteiger charge is -2.34. The molecule has 72 heavy (non-hydrogen) atoms. The Morgan fingerprint density at radius 2 is 0.653 bits per heavy atom. The highest BCUT2D eigenvalue weighted by Gasteiger charge is 2.33. The quantitative estimate of drug-likeness (QED) is 0.0583. The van der Waals surface area contributed by atoms with Crippen molar-refractivity contribution in [1.29, 1.82) is 0 Å². The molecule has 0 rings (SSSR count). The summed E-state index contributed by atoms with van der Waals surface area (Å²) in [5.74, 6) is -0.102. The number of carbonyl (C=O) groups is 4. The van der Waals surface area contributed by atoms with Gasteiger partial charge in [0.05, 0.1) is 6.61 Å². The van der Waals surface area contributed by atoms with Crippen LogP contribution in [0, 0.1) is 11.8 Å². The van der Waals surface area contributed by atoms with Crippen molar-refractivity contribution in [1.82, 2.24) is 30.2 Å². The molecule has 4 amide bonds. The number of hydrogen-bond donors (Lipinski definition) is 2. The normalized spacial score (nSPS) is 12.6. The van der Waals surface area contributed by atoms with E-state index in [1.807, 2.05) is 65.7 Å². The largest absolute Gasteiger partial charge is 0.380 e. The van der Waals surface area contributed by atoms with E-state index in [9.17, 15) is 19.2 Å². The number of amides is 4. The lowest BCUT2D eigenvalue weighted by atomic mass is 9.99. The smallest absolute Gasteiger partial charge is 0.243 e. The number of rotatable bonds is 53. The van der Waals surface area contributed by atoms with E-state index in [-0.39, 0.29) is 35.5 Å². The van der Waals surface area contributed by atoms with E-state index in [1.165, 1.54) is 167 Å². The molecule has 426 valence electrons. The highest BCUT2D eigenvalue weighted by atomic mass is 16.5. The molecule has 0 heterocycles. The van der Waals surface area contributed by atoms with Crippen LogP contribution in [0.4, 0.5) is 0 Å². The van der Waals surface area contributed by atoms with E-state index in [2.05, 4.69) is 34.3 Å². The molecule has 0 aromatic rings. The molecule has 0 aromatic heterocycles. The Labute approximate surface area is 447 Å². The Morgan fingerprint density at radius 1 is 0.361 bits per heavy atom. The summed E-state index contributed by atoms with van der Waals surface area (Å²) >= 11 is 0. The van der Waals surface area contributed by atoms with Gasteiger partial charge in [0.1, 0.15) is 12.1 Å². The fourth-order valence-electron chi connectivity index (χ4n) is 10.1. The lowest BCUT2D eigenvalue weighted by Crippen LogP contribution is -2.53. The van der Waals surface area contributed by atoms with E-state index in [1.54, 1.807) is 0 Å². The molecule has 0 aromatic carbocycles. The van der Waals surface area contributed by atoms with Crippen molar-refractivity contribution < 1.29 is 23.9 Å². The average molecular weight is 1020 g/mol. The molecule has 0 radical (unpaired) electrons. The number of ether oxygens (including phenoxy) is 1. The Balaban J connectivity index is 4.81. The number of unbranched alkanes of at least 4 members (excludes halogenated alkanes) is 28. The first kappa shape index (κ1) is 69.8. The van der Waals surface area contributed by atoms with Gasteiger partial charge < -0.3 is 35.0 Å². The van der Waals surface area contributed by atoms with E-state index in [4.69, 9.17) is 4.74 Å². The molecular weight excluding hydrogens is 897 g/mol. The molecule has 2 N–H and O–H groups in total. The summed E-state index contributed by atoms with van der Waals surface area (Å²) in [5, 5.41) is 6.18. The van der Waals surface area contributed by atoms with E-state index >= 15 is 0 Å². The fourth-order valence-corrected chi connectivity index (χ4v) is 10.1. The second kappa shape index (κ2) is 49.6. The van der Waals surface area contributed by atoms with E-state index in [0.717, 1.165) is 51.6 Å². The van der Waals surface area contributed by atoms with Crippen molar-refractivity contribution in [3.05, 3.63) is 0 Å². The van der Waals surface area contributed by atoms with E-state index in [0.29, 0.717) is 58.7 Å². The molecule has 0 saturated heterocycles. The standard InChI is InChI=1S/C61H122N6O5/c1-11-13-15-17-19-21-23-25-27-29-31-33-35-37-39-44-56(68)66(50-42-48-64(7)8)58(54(3)4)60(70)62-46-41-52-72-53-47-63-61(71)59(55(5)6)67(51-43-49-65(9)10)57(69)45-40-38-36-34-32-30-28-26-24-22-20-18-16-14-12-2/h54-55,58-59H,11-53H2,1-10H3,(H,62,70)(H,63,71). The first-order chi connectivity index (χ1) is 34.8. The molecular formula is C61H122N6O5. The van der Waals surface area contributed by atoms with Crippen LogP contribution in [-0.4, -0.2) is 136 Å². The maximum Gasteiger partial charge on any atom is 0.243 e. The molecule has 0 aliphatic rings. The summed E-state index contributed by atoms with van der Waals surface area (Å²) in [6.07, 6.45) is 41.9. The van der Waals surface area contributed by atoms with Gasteiger partial charge >= 0.3 is 0 Å². The predicted octanol–water partition coefficient (Wildman–Crippen LogP) is 13.8. The molecule has 11 heteroatoms. The molecule has 0 aliphatic heterocycles. The van der Waals surface area contributed by atoms with Crippen molar-refractivity contribution in [3.63, 3.8) is 0 Å². The molecule has 0 aliphatic carbocycles. The average Bonchev–Trinajstić information content (AvgIpc) is 3.33. The zero-order valence-electron chi connectivity index (χ0n) is 49.5. The fraction of sp³-hybridized carbons (Fsp3) is 0.934. The van der Waals surface area contributed by atoms with Crippen molar-refractivity contribution >= 4 is 23.6 Å². The minimum absolute atomic E-state index is 0.0167. The zero-order valence-corrected chi connectivity index (χ0v) is 49.5. The molecule has 2 atom stereocenters. The molecule has 0 bridgehead atoms. The van der Waals surface area contributed by atoms with Gasteiger partial charge in [-0.25, -0.2) is 0 Å². The molecule has 0 fully saturated rings. The van der Waals surface area contributed by atoms with Crippen LogP contribution in [0.15, 0.2) is 0 Å². The van der Waals surface area contributed by atoms with Crippen molar-refractivity contribution in [2.45, 2.75) is 278 Å². The second-order valence-corrected chi connectivity index (χ2v) is 22.8. The van der Waals surface area contributed by atoms with Crippen LogP contribution in [-0.2, 0) is 23.9 Å². The Hall–Kier alpha value is -2.24. The summed E-state index contributed by atoms with van der Waals surface area (Å²) in [6.45, 7) is 17.1. The van der Waals surface area contributed by atoms with Crippen LogP contribution in [0.5, 0.6) is 0 Å². The van der Waals surface area contributed by atoms with Crippen molar-refractivity contribution in [3.8, 4) is 0 Å². The third-order valence-corrected chi connectivity index (χ3v) is 14.4. The van der Waals surface area contributed by atoms with Crippen LogP contribution in [0.1, 0.15) is 266 Å². The SMILES string of the molecule is CCCCCCCCCCCCCCCCCC(=O)N(CCCN(C)C)C(C(=O)NCCCOCCNC(=O)C(C(C)C)N(CCCN(C)C)C(=O)CCCCCCCCCCCCCCCCC)C(C)C. The first-order valence-corrected chi connectivity index (χ1v) is 30.8. The van der Waals surface area contributed by atoms with Gasteiger partial charge in [-0.2, -0.15) is 0 Å². The predicted molar refractivity (Wildman–Crippen MR) is 308 cm³/mol. The lowest BCUT2D eigenvalue weighted by molar-refractivity contribution is -0.142. The van der Waals surface area contributed by atoms with Crippen LogP contribution >= 0.6 is 0 Å². The van der Waals surface area contributed by atoms with Crippen molar-refractivity contribution in [2.24, 2.45) is 11.8 Å². The number of nitrogens with zero attached hydrogens (tertiary/aromatic N) is 4. The minimum atomic E-state index is -0.529. The number of carbonyl (C=O) groups excluding carboxylic acids is 4.